The van der Waals surface area contributed by atoms with Crippen LogP contribution in [0.4, 0.5) is 5.69 Å². The highest BCUT2D eigenvalue weighted by atomic mass is 79.9. The first-order valence-electron chi connectivity index (χ1n) is 5.50. The highest BCUT2D eigenvalue weighted by Gasteiger charge is 2.14. The maximum Gasteiger partial charge on any atom is 0.234 e. The molecule has 3 N–H and O–H groups in total. The van der Waals surface area contributed by atoms with Gasteiger partial charge in [0.05, 0.1) is 11.4 Å². The van der Waals surface area contributed by atoms with Crippen molar-refractivity contribution in [2.24, 2.45) is 5.73 Å². The average Bonchev–Trinajstić information content (AvgIpc) is 2.21. The van der Waals surface area contributed by atoms with Crippen molar-refractivity contribution in [3.05, 3.63) is 25.6 Å². The van der Waals surface area contributed by atoms with Gasteiger partial charge in [-0.2, -0.15) is 11.8 Å². The van der Waals surface area contributed by atoms with E-state index in [0.29, 0.717) is 5.75 Å². The molecule has 0 fully saturated rings. The molecule has 1 amide bonds. The maximum atomic E-state index is 11.9. The van der Waals surface area contributed by atoms with Crippen LogP contribution < -0.4 is 11.1 Å². The Hall–Kier alpha value is 0.440. The van der Waals surface area contributed by atoms with Gasteiger partial charge in [0, 0.05) is 24.7 Å². The number of carbonyl (C=O) groups is 1. The van der Waals surface area contributed by atoms with Crippen molar-refractivity contribution in [1.29, 1.82) is 0 Å². The second-order valence-electron chi connectivity index (χ2n) is 4.77. The SMILES string of the molecule is CC(C)(N)CSCC(=O)Nc1c(Br)cc(Br)cc1Br. The average molecular weight is 475 g/mol. The molecular weight excluding hydrogens is 460 g/mol. The number of hydrogen-bond donors (Lipinski definition) is 2. The Morgan fingerprint density at radius 1 is 1.32 bits per heavy atom. The lowest BCUT2D eigenvalue weighted by molar-refractivity contribution is -0.113. The highest BCUT2D eigenvalue weighted by Crippen LogP contribution is 2.34. The van der Waals surface area contributed by atoms with Gasteiger partial charge in [-0.15, -0.1) is 0 Å². The van der Waals surface area contributed by atoms with E-state index in [9.17, 15) is 4.79 Å². The first-order valence-corrected chi connectivity index (χ1v) is 9.03. The molecule has 0 aliphatic rings. The summed E-state index contributed by atoms with van der Waals surface area (Å²) >= 11 is 11.8. The second-order valence-corrected chi connectivity index (χ2v) is 8.38. The van der Waals surface area contributed by atoms with Gasteiger partial charge >= 0.3 is 0 Å². The molecule has 1 rings (SSSR count). The van der Waals surface area contributed by atoms with Crippen molar-refractivity contribution in [1.82, 2.24) is 0 Å². The summed E-state index contributed by atoms with van der Waals surface area (Å²) in [6, 6.07) is 3.77. The van der Waals surface area contributed by atoms with E-state index in [4.69, 9.17) is 5.73 Å². The number of anilines is 1. The van der Waals surface area contributed by atoms with E-state index < -0.39 is 0 Å². The van der Waals surface area contributed by atoms with Crippen molar-refractivity contribution in [2.45, 2.75) is 19.4 Å². The lowest BCUT2D eigenvalue weighted by Gasteiger charge is -2.17. The summed E-state index contributed by atoms with van der Waals surface area (Å²) in [7, 11) is 0. The third kappa shape index (κ3) is 6.62. The topological polar surface area (TPSA) is 55.1 Å². The zero-order valence-electron chi connectivity index (χ0n) is 10.6. The molecule has 0 saturated carbocycles. The van der Waals surface area contributed by atoms with Crippen LogP contribution in [0, 0.1) is 0 Å². The van der Waals surface area contributed by atoms with Crippen LogP contribution in [0.15, 0.2) is 25.6 Å². The van der Waals surface area contributed by atoms with Crippen LogP contribution in [0.2, 0.25) is 0 Å². The fourth-order valence-corrected chi connectivity index (χ4v) is 4.59. The molecule has 0 atom stereocenters. The van der Waals surface area contributed by atoms with Crippen molar-refractivity contribution in [3.63, 3.8) is 0 Å². The van der Waals surface area contributed by atoms with Crippen LogP contribution in [0.1, 0.15) is 13.8 Å². The second kappa shape index (κ2) is 7.45. The number of nitrogens with two attached hydrogens (primary N) is 1. The van der Waals surface area contributed by atoms with E-state index in [1.54, 1.807) is 0 Å². The molecule has 1 aromatic carbocycles. The Morgan fingerprint density at radius 2 is 1.84 bits per heavy atom. The Balaban J connectivity index is 2.58. The minimum atomic E-state index is -0.260. The van der Waals surface area contributed by atoms with E-state index in [1.165, 1.54) is 11.8 Å². The van der Waals surface area contributed by atoms with E-state index in [-0.39, 0.29) is 11.4 Å². The quantitative estimate of drug-likeness (QED) is 0.665. The predicted octanol–water partition coefficient (Wildman–Crippen LogP) is 4.38. The molecular formula is C12H15Br3N2OS. The minimum Gasteiger partial charge on any atom is -0.325 e. The number of rotatable bonds is 5. The van der Waals surface area contributed by atoms with E-state index in [0.717, 1.165) is 24.9 Å². The molecule has 0 spiro atoms. The van der Waals surface area contributed by atoms with Gasteiger partial charge in [-0.25, -0.2) is 0 Å². The molecule has 0 aliphatic carbocycles. The van der Waals surface area contributed by atoms with Crippen molar-refractivity contribution >= 4 is 71.1 Å². The zero-order chi connectivity index (χ0) is 14.6. The summed E-state index contributed by atoms with van der Waals surface area (Å²) in [5.74, 6) is 1.08. The number of thioether (sulfide) groups is 1. The molecule has 19 heavy (non-hydrogen) atoms. The summed E-state index contributed by atoms with van der Waals surface area (Å²) in [6.45, 7) is 3.89. The molecule has 0 unspecified atom stereocenters. The van der Waals surface area contributed by atoms with Crippen LogP contribution in [-0.4, -0.2) is 23.0 Å². The van der Waals surface area contributed by atoms with Crippen LogP contribution >= 0.6 is 59.6 Å². The summed E-state index contributed by atoms with van der Waals surface area (Å²) in [5, 5.41) is 2.88. The molecule has 0 saturated heterocycles. The Morgan fingerprint density at radius 3 is 2.32 bits per heavy atom. The molecule has 0 radical (unpaired) electrons. The Labute approximate surface area is 142 Å². The Bertz CT molecular complexity index is 452. The smallest absolute Gasteiger partial charge is 0.234 e. The van der Waals surface area contributed by atoms with Crippen LogP contribution in [0.3, 0.4) is 0 Å². The van der Waals surface area contributed by atoms with Gasteiger partial charge in [-0.3, -0.25) is 4.79 Å². The van der Waals surface area contributed by atoms with Gasteiger partial charge in [-0.1, -0.05) is 15.9 Å². The molecule has 7 heteroatoms. The molecule has 0 bridgehead atoms. The Kier molecular flexibility index (Phi) is 6.86. The number of benzene rings is 1. The third-order valence-electron chi connectivity index (χ3n) is 1.98. The number of amides is 1. The summed E-state index contributed by atoms with van der Waals surface area (Å²) < 4.78 is 2.58. The highest BCUT2D eigenvalue weighted by molar-refractivity contribution is 9.11. The first-order chi connectivity index (χ1) is 8.69. The molecule has 1 aromatic rings. The number of halogens is 3. The summed E-state index contributed by atoms with van der Waals surface area (Å²) in [5.41, 5.74) is 6.34. The number of hydrogen-bond acceptors (Lipinski definition) is 3. The van der Waals surface area contributed by atoms with Crippen LogP contribution in [-0.2, 0) is 4.79 Å². The lowest BCUT2D eigenvalue weighted by Crippen LogP contribution is -2.35. The van der Waals surface area contributed by atoms with Gasteiger partial charge in [0.15, 0.2) is 0 Å². The van der Waals surface area contributed by atoms with Crippen molar-refractivity contribution < 1.29 is 4.79 Å². The van der Waals surface area contributed by atoms with Crippen LogP contribution in [0.5, 0.6) is 0 Å². The largest absolute Gasteiger partial charge is 0.325 e. The zero-order valence-corrected chi connectivity index (χ0v) is 16.2. The van der Waals surface area contributed by atoms with Gasteiger partial charge in [0.1, 0.15) is 0 Å². The molecule has 0 aromatic heterocycles. The van der Waals surface area contributed by atoms with Gasteiger partial charge in [-0.05, 0) is 57.8 Å². The van der Waals surface area contributed by atoms with E-state index >= 15 is 0 Å². The van der Waals surface area contributed by atoms with Crippen molar-refractivity contribution in [3.8, 4) is 0 Å². The molecule has 3 nitrogen and oxygen atoms in total. The summed E-state index contributed by atoms with van der Waals surface area (Å²) in [4.78, 5) is 11.9. The third-order valence-corrected chi connectivity index (χ3v) is 5.10. The predicted molar refractivity (Wildman–Crippen MR) is 93.8 cm³/mol. The van der Waals surface area contributed by atoms with E-state index in [2.05, 4.69) is 53.1 Å². The fraction of sp³-hybridized carbons (Fsp3) is 0.417. The lowest BCUT2D eigenvalue weighted by atomic mass is 10.1. The maximum absolute atomic E-state index is 11.9. The first kappa shape index (κ1) is 17.5. The van der Waals surface area contributed by atoms with Crippen LogP contribution in [0.25, 0.3) is 0 Å². The van der Waals surface area contributed by atoms with Gasteiger partial charge in [0.2, 0.25) is 5.91 Å². The summed E-state index contributed by atoms with van der Waals surface area (Å²) in [6.07, 6.45) is 0. The van der Waals surface area contributed by atoms with Crippen molar-refractivity contribution in [2.75, 3.05) is 16.8 Å². The monoisotopic (exact) mass is 472 g/mol. The molecule has 106 valence electrons. The van der Waals surface area contributed by atoms with E-state index in [1.807, 2.05) is 26.0 Å². The normalized spacial score (nSPS) is 11.5. The number of nitrogens with one attached hydrogen (secondary N) is 1. The number of carbonyl (C=O) groups excluding carboxylic acids is 1. The van der Waals surface area contributed by atoms with Gasteiger partial charge in [0.25, 0.3) is 0 Å². The fourth-order valence-electron chi connectivity index (χ4n) is 1.24. The minimum absolute atomic E-state index is 0.0435. The standard InChI is InChI=1S/C12H15Br3N2OS/c1-12(2,16)6-19-5-10(18)17-11-8(14)3-7(13)4-9(11)15/h3-4H,5-6,16H2,1-2H3,(H,17,18). The van der Waals surface area contributed by atoms with Gasteiger partial charge < -0.3 is 11.1 Å². The molecule has 0 heterocycles. The molecule has 0 aliphatic heterocycles.